The van der Waals surface area contributed by atoms with Crippen LogP contribution in [0.2, 0.25) is 0 Å². The lowest BCUT2D eigenvalue weighted by molar-refractivity contribution is 0.660. The molecule has 1 aliphatic carbocycles. The highest BCUT2D eigenvalue weighted by molar-refractivity contribution is 7.25. The molecule has 0 saturated heterocycles. The van der Waals surface area contributed by atoms with Crippen LogP contribution in [0.5, 0.6) is 0 Å². The molecule has 0 spiro atoms. The average Bonchev–Trinajstić information content (AvgIpc) is 3.78. The van der Waals surface area contributed by atoms with Crippen molar-refractivity contribution in [2.45, 2.75) is 19.3 Å². The molecule has 0 fully saturated rings. The lowest BCUT2D eigenvalue weighted by Gasteiger charge is -2.21. The largest absolute Gasteiger partial charge is 0.228 e. The third-order valence-electron chi connectivity index (χ3n) is 11.9. The molecule has 3 heteroatoms. The van der Waals surface area contributed by atoms with Gasteiger partial charge in [-0.1, -0.05) is 166 Å². The molecule has 8 aromatic carbocycles. The van der Waals surface area contributed by atoms with Gasteiger partial charge in [0.25, 0.3) is 0 Å². The number of thiophene rings is 1. The molecule has 58 heavy (non-hydrogen) atoms. The molecule has 0 atom stereocenters. The Morgan fingerprint density at radius 2 is 0.931 bits per heavy atom. The Morgan fingerprint density at radius 3 is 1.74 bits per heavy atom. The molecule has 274 valence electrons. The number of aromatic nitrogens is 2. The molecular weight excluding hydrogens is 721 g/mol. The maximum atomic E-state index is 5.29. The molecule has 0 unspecified atom stereocenters. The normalized spacial score (nSPS) is 12.8. The van der Waals surface area contributed by atoms with Gasteiger partial charge in [0.1, 0.15) is 0 Å². The van der Waals surface area contributed by atoms with Gasteiger partial charge in [0.15, 0.2) is 5.82 Å². The van der Waals surface area contributed by atoms with Crippen LogP contribution in [0.4, 0.5) is 0 Å². The van der Waals surface area contributed by atoms with Gasteiger partial charge in [0.2, 0.25) is 0 Å². The minimum atomic E-state index is -0.0114. The van der Waals surface area contributed by atoms with E-state index in [9.17, 15) is 0 Å². The first-order chi connectivity index (χ1) is 28.5. The Morgan fingerprint density at radius 1 is 0.362 bits per heavy atom. The molecule has 0 radical (unpaired) electrons. The van der Waals surface area contributed by atoms with Crippen LogP contribution < -0.4 is 0 Å². The first kappa shape index (κ1) is 34.3. The third kappa shape index (κ3) is 5.78. The molecule has 2 heterocycles. The molecule has 10 aromatic rings. The Labute approximate surface area is 342 Å². The molecule has 11 rings (SSSR count). The van der Waals surface area contributed by atoms with Crippen molar-refractivity contribution in [2.24, 2.45) is 0 Å². The molecule has 1 aliphatic rings. The maximum absolute atomic E-state index is 5.29. The van der Waals surface area contributed by atoms with Gasteiger partial charge < -0.3 is 0 Å². The monoisotopic (exact) mass is 758 g/mol. The van der Waals surface area contributed by atoms with Crippen molar-refractivity contribution in [3.63, 3.8) is 0 Å². The van der Waals surface area contributed by atoms with E-state index in [4.69, 9.17) is 9.97 Å². The second kappa shape index (κ2) is 13.6. The van der Waals surface area contributed by atoms with Gasteiger partial charge in [-0.3, -0.25) is 0 Å². The Hall–Kier alpha value is -6.94. The molecule has 2 nitrogen and oxygen atoms in total. The van der Waals surface area contributed by atoms with Gasteiger partial charge >= 0.3 is 0 Å². The Bertz CT molecular complexity index is 3180. The number of hydrogen-bond donors (Lipinski definition) is 0. The van der Waals surface area contributed by atoms with Crippen molar-refractivity contribution in [3.8, 4) is 78.4 Å². The summed E-state index contributed by atoms with van der Waals surface area (Å²) in [4.78, 5) is 10.5. The van der Waals surface area contributed by atoms with Crippen molar-refractivity contribution in [1.29, 1.82) is 0 Å². The summed E-state index contributed by atoms with van der Waals surface area (Å²) in [6, 6.07) is 70.1. The van der Waals surface area contributed by atoms with Crippen LogP contribution >= 0.6 is 11.3 Å². The Balaban J connectivity index is 1.05. The van der Waals surface area contributed by atoms with E-state index in [1.54, 1.807) is 0 Å². The van der Waals surface area contributed by atoms with E-state index in [0.29, 0.717) is 5.82 Å². The predicted molar refractivity (Wildman–Crippen MR) is 245 cm³/mol. The van der Waals surface area contributed by atoms with Crippen LogP contribution in [-0.2, 0) is 5.41 Å². The van der Waals surface area contributed by atoms with Gasteiger partial charge in [-0.25, -0.2) is 9.97 Å². The van der Waals surface area contributed by atoms with Gasteiger partial charge in [0.05, 0.1) is 11.4 Å². The van der Waals surface area contributed by atoms with Crippen LogP contribution in [0.25, 0.3) is 98.6 Å². The van der Waals surface area contributed by atoms with E-state index in [1.807, 2.05) is 17.4 Å². The summed E-state index contributed by atoms with van der Waals surface area (Å²) in [6.45, 7) is 4.66. The van der Waals surface area contributed by atoms with Crippen LogP contribution in [0.15, 0.2) is 194 Å². The molecule has 0 bridgehead atoms. The topological polar surface area (TPSA) is 25.8 Å². The summed E-state index contributed by atoms with van der Waals surface area (Å²) in [7, 11) is 0. The fraction of sp³-hybridized carbons (Fsp3) is 0.0545. The zero-order chi connectivity index (χ0) is 38.8. The van der Waals surface area contributed by atoms with E-state index in [0.717, 1.165) is 39.2 Å². The van der Waals surface area contributed by atoms with E-state index in [2.05, 4.69) is 202 Å². The maximum Gasteiger partial charge on any atom is 0.160 e. The molecule has 0 amide bonds. The first-order valence-corrected chi connectivity index (χ1v) is 20.7. The summed E-state index contributed by atoms with van der Waals surface area (Å²) in [5.41, 5.74) is 17.4. The van der Waals surface area contributed by atoms with Crippen LogP contribution in [-0.4, -0.2) is 9.97 Å². The van der Waals surface area contributed by atoms with Gasteiger partial charge in [-0.05, 0) is 98.1 Å². The predicted octanol–water partition coefficient (Wildman–Crippen LogP) is 15.2. The summed E-state index contributed by atoms with van der Waals surface area (Å²) in [5, 5.41) is 2.58. The van der Waals surface area contributed by atoms with E-state index < -0.39 is 0 Å². The van der Waals surface area contributed by atoms with Crippen molar-refractivity contribution >= 4 is 31.5 Å². The second-order valence-electron chi connectivity index (χ2n) is 15.8. The lowest BCUT2D eigenvalue weighted by atomic mass is 9.82. The zero-order valence-electron chi connectivity index (χ0n) is 32.3. The second-order valence-corrected chi connectivity index (χ2v) is 16.9. The molecule has 0 N–H and O–H groups in total. The number of rotatable bonds is 6. The fourth-order valence-electron chi connectivity index (χ4n) is 8.94. The highest BCUT2D eigenvalue weighted by atomic mass is 32.1. The van der Waals surface area contributed by atoms with E-state index in [1.165, 1.54) is 64.7 Å². The molecular formula is C55H38N2S. The number of fused-ring (bicyclic) bond motifs is 6. The van der Waals surface area contributed by atoms with Crippen LogP contribution in [0, 0.1) is 0 Å². The van der Waals surface area contributed by atoms with Crippen LogP contribution in [0.1, 0.15) is 25.0 Å². The van der Waals surface area contributed by atoms with Crippen molar-refractivity contribution in [1.82, 2.24) is 9.97 Å². The lowest BCUT2D eigenvalue weighted by Crippen LogP contribution is -2.14. The zero-order valence-corrected chi connectivity index (χ0v) is 33.1. The summed E-state index contributed by atoms with van der Waals surface area (Å²) < 4.78 is 2.59. The molecule has 0 saturated carbocycles. The highest BCUT2D eigenvalue weighted by Gasteiger charge is 2.35. The minimum Gasteiger partial charge on any atom is -0.228 e. The quantitative estimate of drug-likeness (QED) is 0.169. The van der Waals surface area contributed by atoms with Crippen molar-refractivity contribution < 1.29 is 0 Å². The standard InChI is InChI=1S/C55H38N2S/c1-55(2)47-21-11-9-18-44(47)46-33-39(28-29-48(46)55)36-24-26-37(27-25-36)49-34-50(57-54(56-49)38-16-7-4-8-17-38)42-31-40(35-14-5-3-6-15-35)30-41(32-42)43-20-13-23-52-53(43)45-19-10-12-22-51(45)58-52/h3-34H,1-2H3. The average molecular weight is 759 g/mol. The number of hydrogen-bond acceptors (Lipinski definition) is 3. The van der Waals surface area contributed by atoms with E-state index >= 15 is 0 Å². The summed E-state index contributed by atoms with van der Waals surface area (Å²) >= 11 is 1.85. The fourth-order valence-corrected chi connectivity index (χ4v) is 10.1. The Kier molecular flexibility index (Phi) is 8.06. The van der Waals surface area contributed by atoms with Crippen molar-refractivity contribution in [2.75, 3.05) is 0 Å². The number of benzene rings is 8. The molecule has 0 aliphatic heterocycles. The van der Waals surface area contributed by atoms with Gasteiger partial charge in [-0.15, -0.1) is 11.3 Å². The highest BCUT2D eigenvalue weighted by Crippen LogP contribution is 2.49. The summed E-state index contributed by atoms with van der Waals surface area (Å²) in [6.07, 6.45) is 0. The van der Waals surface area contributed by atoms with Crippen molar-refractivity contribution in [3.05, 3.63) is 205 Å². The van der Waals surface area contributed by atoms with Gasteiger partial charge in [-0.2, -0.15) is 0 Å². The van der Waals surface area contributed by atoms with E-state index in [-0.39, 0.29) is 5.41 Å². The smallest absolute Gasteiger partial charge is 0.160 e. The minimum absolute atomic E-state index is 0.0114. The van der Waals surface area contributed by atoms with Crippen LogP contribution in [0.3, 0.4) is 0 Å². The number of nitrogens with zero attached hydrogens (tertiary/aromatic N) is 2. The third-order valence-corrected chi connectivity index (χ3v) is 13.0. The SMILES string of the molecule is CC1(C)c2ccccc2-c2cc(-c3ccc(-c4cc(-c5cc(-c6ccccc6)cc(-c6cccc7sc8ccccc8c67)c5)nc(-c5ccccc5)n4)cc3)ccc21. The van der Waals surface area contributed by atoms with Gasteiger partial charge in [0, 0.05) is 42.3 Å². The summed E-state index contributed by atoms with van der Waals surface area (Å²) in [5.74, 6) is 0.703. The molecule has 2 aromatic heterocycles. The first-order valence-electron chi connectivity index (χ1n) is 19.9.